The number of amides is 1. The summed E-state index contributed by atoms with van der Waals surface area (Å²) in [5.41, 5.74) is 12.0. The first-order valence-electron chi connectivity index (χ1n) is 19.2. The third-order valence-electron chi connectivity index (χ3n) is 8.21. The molecule has 0 spiro atoms. The quantitative estimate of drug-likeness (QED) is 0.0459. The van der Waals surface area contributed by atoms with Crippen molar-refractivity contribution in [1.82, 2.24) is 25.3 Å². The molecule has 20 nitrogen and oxygen atoms in total. The van der Waals surface area contributed by atoms with Crippen LogP contribution in [-0.4, -0.2) is 140 Å². The minimum absolute atomic E-state index is 0.00787. The molecule has 1 aromatic carbocycles. The molecular formula is C38H56N8O12. The fourth-order valence-electron chi connectivity index (χ4n) is 5.10. The molecule has 0 radical (unpaired) electrons. The first-order chi connectivity index (χ1) is 28.2. The van der Waals surface area contributed by atoms with Gasteiger partial charge >= 0.3 is 5.97 Å². The zero-order valence-electron chi connectivity index (χ0n) is 32.7. The van der Waals surface area contributed by atoms with Crippen LogP contribution in [0.5, 0.6) is 0 Å². The molecule has 20 heteroatoms. The first kappa shape index (κ1) is 47.4. The molecule has 0 aliphatic heterocycles. The van der Waals surface area contributed by atoms with Gasteiger partial charge in [-0.15, -0.1) is 0 Å². The van der Waals surface area contributed by atoms with Crippen LogP contribution in [0.15, 0.2) is 35.3 Å². The van der Waals surface area contributed by atoms with Crippen molar-refractivity contribution in [3.63, 3.8) is 0 Å². The molecule has 0 unspecified atom stereocenters. The van der Waals surface area contributed by atoms with E-state index in [4.69, 9.17) is 39.9 Å². The van der Waals surface area contributed by atoms with Crippen LogP contribution in [0.3, 0.4) is 0 Å². The molecule has 320 valence electrons. The molecule has 0 aliphatic rings. The average Bonchev–Trinajstić information content (AvgIpc) is 3.21. The van der Waals surface area contributed by atoms with Crippen molar-refractivity contribution in [1.29, 1.82) is 0 Å². The molecule has 0 bridgehead atoms. The number of carboxylic acid groups (broad SMARTS) is 1. The summed E-state index contributed by atoms with van der Waals surface area (Å²) in [5, 5.41) is 15.2. The third kappa shape index (κ3) is 19.9. The van der Waals surface area contributed by atoms with Gasteiger partial charge in [-0.1, -0.05) is 0 Å². The van der Waals surface area contributed by atoms with Gasteiger partial charge in [-0.05, 0) is 50.1 Å². The number of carbonyl (C=O) groups excluding carboxylic acids is 3. The van der Waals surface area contributed by atoms with E-state index < -0.39 is 23.5 Å². The van der Waals surface area contributed by atoms with Crippen molar-refractivity contribution in [3.05, 3.63) is 52.1 Å². The zero-order valence-corrected chi connectivity index (χ0v) is 32.7. The normalized spacial score (nSPS) is 11.7. The molecular weight excluding hydrogens is 760 g/mol. The monoisotopic (exact) mass is 816 g/mol. The van der Waals surface area contributed by atoms with E-state index in [9.17, 15) is 29.1 Å². The highest BCUT2D eigenvalue weighted by Crippen LogP contribution is 2.13. The standard InChI is InChI=1S/C38H56N8O12/c39-12-1-3-31(48)11-14-54-16-18-56-20-22-58-24-23-57-21-19-55-17-15-53-13-2-4-30(47)9-10-32(37(51)52)44-35(49)27-5-7-28(8-6-27)41-25-29-26-42-34-33(43-29)36(50)46-38(40)45-34/h5-8,26,32,41H,1-4,9-25,39H2,(H,44,49)(H,51,52)(H3,40,42,45,46,50)/t32-/m0/s1. The lowest BCUT2D eigenvalue weighted by atomic mass is 10.1. The second-order valence-corrected chi connectivity index (χ2v) is 12.8. The minimum Gasteiger partial charge on any atom is -0.480 e. The summed E-state index contributed by atoms with van der Waals surface area (Å²) in [6.07, 6.45) is 3.71. The highest BCUT2D eigenvalue weighted by Gasteiger charge is 2.22. The first-order valence-corrected chi connectivity index (χ1v) is 19.2. The summed E-state index contributed by atoms with van der Waals surface area (Å²) in [7, 11) is 0. The number of rotatable bonds is 34. The smallest absolute Gasteiger partial charge is 0.326 e. The number of ether oxygens (including phenoxy) is 6. The highest BCUT2D eigenvalue weighted by molar-refractivity contribution is 5.97. The Hall–Kier alpha value is -4.96. The van der Waals surface area contributed by atoms with E-state index in [-0.39, 0.29) is 60.0 Å². The number of nitrogen functional groups attached to an aromatic ring is 1. The number of ketones is 2. The largest absolute Gasteiger partial charge is 0.480 e. The van der Waals surface area contributed by atoms with Gasteiger partial charge in [0.2, 0.25) is 5.95 Å². The van der Waals surface area contributed by atoms with Crippen LogP contribution in [0, 0.1) is 0 Å². The number of H-pyrrole nitrogens is 1. The fourth-order valence-corrected chi connectivity index (χ4v) is 5.10. The molecule has 8 N–H and O–H groups in total. The van der Waals surface area contributed by atoms with Crippen LogP contribution >= 0.6 is 0 Å². The number of carbonyl (C=O) groups is 4. The maximum atomic E-state index is 12.8. The van der Waals surface area contributed by atoms with Gasteiger partial charge in [0.1, 0.15) is 17.6 Å². The van der Waals surface area contributed by atoms with E-state index in [1.807, 2.05) is 0 Å². The van der Waals surface area contributed by atoms with Crippen molar-refractivity contribution in [2.45, 2.75) is 57.5 Å². The average molecular weight is 817 g/mol. The van der Waals surface area contributed by atoms with Crippen LogP contribution in [0.4, 0.5) is 11.6 Å². The molecule has 1 atom stereocenters. The third-order valence-corrected chi connectivity index (χ3v) is 8.21. The second kappa shape index (κ2) is 28.4. The number of aromatic nitrogens is 4. The Morgan fingerprint density at radius 1 is 0.724 bits per heavy atom. The Labute approximate surface area is 336 Å². The number of nitrogens with one attached hydrogen (secondary N) is 3. The molecule has 0 aliphatic carbocycles. The molecule has 0 saturated heterocycles. The van der Waals surface area contributed by atoms with Crippen molar-refractivity contribution in [3.8, 4) is 0 Å². The van der Waals surface area contributed by atoms with Crippen LogP contribution in [0.2, 0.25) is 0 Å². The van der Waals surface area contributed by atoms with E-state index in [2.05, 4.69) is 30.6 Å². The van der Waals surface area contributed by atoms with Gasteiger partial charge in [0.15, 0.2) is 11.2 Å². The Morgan fingerprint density at radius 3 is 1.86 bits per heavy atom. The van der Waals surface area contributed by atoms with Crippen molar-refractivity contribution in [2.75, 3.05) is 96.9 Å². The van der Waals surface area contributed by atoms with Crippen LogP contribution < -0.4 is 27.7 Å². The number of fused-ring (bicyclic) bond motifs is 1. The molecule has 3 rings (SSSR count). The number of Topliss-reactive ketones (excluding diaryl/α,β-unsaturated/α-hetero) is 2. The van der Waals surface area contributed by atoms with Crippen LogP contribution in [0.1, 0.15) is 61.0 Å². The molecule has 1 amide bonds. The summed E-state index contributed by atoms with van der Waals surface area (Å²) >= 11 is 0. The van der Waals surface area contributed by atoms with E-state index in [1.165, 1.54) is 18.3 Å². The maximum absolute atomic E-state index is 12.8. The molecule has 0 fully saturated rings. The van der Waals surface area contributed by atoms with Crippen molar-refractivity contribution < 1.29 is 52.7 Å². The summed E-state index contributed by atoms with van der Waals surface area (Å²) in [5.74, 6) is -1.85. The lowest BCUT2D eigenvalue weighted by molar-refractivity contribution is -0.139. The summed E-state index contributed by atoms with van der Waals surface area (Å²) in [6.45, 7) is 5.61. The Bertz CT molecular complexity index is 1740. The lowest BCUT2D eigenvalue weighted by Gasteiger charge is -2.14. The van der Waals surface area contributed by atoms with Gasteiger partial charge in [0, 0.05) is 43.5 Å². The van der Waals surface area contributed by atoms with Gasteiger partial charge in [0.25, 0.3) is 11.5 Å². The van der Waals surface area contributed by atoms with Gasteiger partial charge in [-0.2, -0.15) is 4.98 Å². The Balaban J connectivity index is 1.13. The molecule has 2 heterocycles. The molecule has 0 saturated carbocycles. The van der Waals surface area contributed by atoms with E-state index in [0.29, 0.717) is 123 Å². The van der Waals surface area contributed by atoms with E-state index in [0.717, 1.165) is 0 Å². The lowest BCUT2D eigenvalue weighted by Crippen LogP contribution is -2.41. The molecule has 2 aromatic heterocycles. The summed E-state index contributed by atoms with van der Waals surface area (Å²) in [6, 6.07) is 5.10. The van der Waals surface area contributed by atoms with Gasteiger partial charge in [-0.3, -0.25) is 24.2 Å². The predicted octanol–water partition coefficient (Wildman–Crippen LogP) is 1.02. The minimum atomic E-state index is -1.24. The number of benzene rings is 1. The summed E-state index contributed by atoms with van der Waals surface area (Å²) in [4.78, 5) is 75.2. The van der Waals surface area contributed by atoms with Gasteiger partial charge in [-0.25, -0.2) is 14.8 Å². The predicted molar refractivity (Wildman–Crippen MR) is 211 cm³/mol. The Kier molecular flexibility index (Phi) is 23.3. The number of nitrogens with zero attached hydrogens (tertiary/aromatic N) is 3. The number of anilines is 2. The number of hydrogen-bond donors (Lipinski definition) is 6. The molecule has 58 heavy (non-hydrogen) atoms. The SMILES string of the molecule is NCCCC(=O)CCOCCOCCOCCOCCOCCOCCCC(=O)CC[C@H](NC(=O)c1ccc(NCc2cnc3nc(N)[nH]c(=O)c3n2)cc1)C(=O)O. The number of hydrogen-bond acceptors (Lipinski definition) is 17. The maximum Gasteiger partial charge on any atom is 0.326 e. The van der Waals surface area contributed by atoms with Gasteiger partial charge in [0.05, 0.1) is 91.1 Å². The number of aromatic amines is 1. The van der Waals surface area contributed by atoms with Crippen LogP contribution in [-0.2, 0) is 49.3 Å². The highest BCUT2D eigenvalue weighted by atomic mass is 16.6. The number of aliphatic carboxylic acids is 1. The fraction of sp³-hybridized carbons (Fsp3) is 0.579. The second-order valence-electron chi connectivity index (χ2n) is 12.8. The van der Waals surface area contributed by atoms with Crippen molar-refractivity contribution >= 4 is 46.2 Å². The van der Waals surface area contributed by atoms with Crippen LogP contribution in [0.25, 0.3) is 11.2 Å². The number of nitrogens with two attached hydrogens (primary N) is 2. The summed E-state index contributed by atoms with van der Waals surface area (Å²) < 4.78 is 32.7. The Morgan fingerprint density at radius 2 is 1.28 bits per heavy atom. The van der Waals surface area contributed by atoms with E-state index in [1.54, 1.807) is 12.1 Å². The molecule has 3 aromatic rings. The topological polar surface area (TPSA) is 292 Å². The number of carboxylic acids is 1. The van der Waals surface area contributed by atoms with Gasteiger partial charge < -0.3 is 55.6 Å². The zero-order chi connectivity index (χ0) is 41.8. The van der Waals surface area contributed by atoms with Crippen molar-refractivity contribution in [2.24, 2.45) is 5.73 Å². The van der Waals surface area contributed by atoms with E-state index >= 15 is 0 Å².